The molecule has 0 rings (SSSR count). The number of rotatable bonds is 70. The van der Waals surface area contributed by atoms with Gasteiger partial charge in [-0.1, -0.05) is 312 Å². The predicted octanol–water partition coefficient (Wildman–Crippen LogP) is 20.6. The number of carbonyl (C=O) groups is 4. The molecule has 0 radical (unpaired) electrons. The summed E-state index contributed by atoms with van der Waals surface area (Å²) in [6.07, 6.45) is 47.0. The van der Waals surface area contributed by atoms with Crippen LogP contribution in [-0.4, -0.2) is 96.7 Å². The molecule has 91 heavy (non-hydrogen) atoms. The maximum absolute atomic E-state index is 13.0. The minimum atomic E-state index is -4.95. The van der Waals surface area contributed by atoms with E-state index in [0.717, 1.165) is 108 Å². The van der Waals surface area contributed by atoms with Crippen LogP contribution < -0.4 is 0 Å². The molecule has 0 spiro atoms. The van der Waals surface area contributed by atoms with Crippen molar-refractivity contribution in [1.82, 2.24) is 0 Å². The van der Waals surface area contributed by atoms with Gasteiger partial charge in [-0.3, -0.25) is 37.3 Å². The third-order valence-electron chi connectivity index (χ3n) is 17.0. The highest BCUT2D eigenvalue weighted by Gasteiger charge is 2.30. The van der Waals surface area contributed by atoms with E-state index in [1.807, 2.05) is 0 Å². The summed E-state index contributed by atoms with van der Waals surface area (Å²) >= 11 is 0. The van der Waals surface area contributed by atoms with Crippen LogP contribution in [0, 0.1) is 17.8 Å². The second-order valence-corrected chi connectivity index (χ2v) is 30.1. The number of phosphoric ester groups is 2. The van der Waals surface area contributed by atoms with E-state index >= 15 is 0 Å². The van der Waals surface area contributed by atoms with Crippen molar-refractivity contribution in [2.24, 2.45) is 17.8 Å². The lowest BCUT2D eigenvalue weighted by atomic mass is 9.99. The first-order valence-electron chi connectivity index (χ1n) is 37.4. The zero-order valence-corrected chi connectivity index (χ0v) is 61.1. The van der Waals surface area contributed by atoms with Gasteiger partial charge in [0.2, 0.25) is 0 Å². The number of phosphoric acid groups is 2. The molecule has 0 fully saturated rings. The van der Waals surface area contributed by atoms with E-state index in [-0.39, 0.29) is 25.7 Å². The third-order valence-corrected chi connectivity index (χ3v) is 18.9. The number of ether oxygens (including phenoxy) is 4. The van der Waals surface area contributed by atoms with Crippen LogP contribution in [0.5, 0.6) is 0 Å². The average Bonchev–Trinajstić information content (AvgIpc) is 2.90. The first kappa shape index (κ1) is 89.1. The van der Waals surface area contributed by atoms with Crippen molar-refractivity contribution in [1.29, 1.82) is 0 Å². The molecule has 0 aliphatic carbocycles. The highest BCUT2D eigenvalue weighted by atomic mass is 31.2. The van der Waals surface area contributed by atoms with Crippen molar-refractivity contribution >= 4 is 39.5 Å². The molecule has 19 heteroatoms. The van der Waals surface area contributed by atoms with Gasteiger partial charge in [0.25, 0.3) is 0 Å². The Labute approximate surface area is 556 Å². The molecule has 0 saturated carbocycles. The van der Waals surface area contributed by atoms with E-state index < -0.39 is 97.5 Å². The van der Waals surface area contributed by atoms with Gasteiger partial charge in [0.15, 0.2) is 12.2 Å². The Hall–Kier alpha value is -1.94. The van der Waals surface area contributed by atoms with Crippen LogP contribution in [0.1, 0.15) is 363 Å². The summed E-state index contributed by atoms with van der Waals surface area (Å²) in [6.45, 7) is 11.9. The molecule has 17 nitrogen and oxygen atoms in total. The molecule has 3 N–H and O–H groups in total. The largest absolute Gasteiger partial charge is 0.472 e. The van der Waals surface area contributed by atoms with Crippen LogP contribution >= 0.6 is 15.6 Å². The molecular weight excluding hydrogens is 1200 g/mol. The molecular formula is C72H140O17P2. The summed E-state index contributed by atoms with van der Waals surface area (Å²) in [5.41, 5.74) is 0. The van der Waals surface area contributed by atoms with Gasteiger partial charge < -0.3 is 33.8 Å². The minimum Gasteiger partial charge on any atom is -0.462 e. The zero-order valence-electron chi connectivity index (χ0n) is 59.3. The summed E-state index contributed by atoms with van der Waals surface area (Å²) in [4.78, 5) is 72.7. The van der Waals surface area contributed by atoms with E-state index in [2.05, 4.69) is 48.5 Å². The molecule has 3 unspecified atom stereocenters. The molecule has 0 aromatic rings. The Kier molecular flexibility index (Phi) is 61.5. The molecule has 0 aliphatic rings. The van der Waals surface area contributed by atoms with Crippen molar-refractivity contribution in [3.63, 3.8) is 0 Å². The summed E-state index contributed by atoms with van der Waals surface area (Å²) in [5.74, 6) is 0.183. The van der Waals surface area contributed by atoms with Crippen LogP contribution in [0.4, 0.5) is 0 Å². The first-order chi connectivity index (χ1) is 43.8. The summed E-state index contributed by atoms with van der Waals surface area (Å²) in [5, 5.41) is 10.6. The maximum atomic E-state index is 13.0. The van der Waals surface area contributed by atoms with Gasteiger partial charge in [0.05, 0.1) is 26.4 Å². The maximum Gasteiger partial charge on any atom is 0.472 e. The second-order valence-electron chi connectivity index (χ2n) is 27.2. The molecule has 0 bridgehead atoms. The van der Waals surface area contributed by atoms with E-state index in [0.29, 0.717) is 25.7 Å². The lowest BCUT2D eigenvalue weighted by Crippen LogP contribution is -2.30. The fourth-order valence-corrected chi connectivity index (χ4v) is 12.4. The molecule has 0 aromatic heterocycles. The van der Waals surface area contributed by atoms with Gasteiger partial charge in [-0.05, 0) is 43.4 Å². The van der Waals surface area contributed by atoms with Gasteiger partial charge in [0.1, 0.15) is 19.3 Å². The predicted molar refractivity (Wildman–Crippen MR) is 368 cm³/mol. The fraction of sp³-hybridized carbons (Fsp3) is 0.944. The monoisotopic (exact) mass is 1340 g/mol. The Morgan fingerprint density at radius 1 is 0.319 bits per heavy atom. The first-order valence-corrected chi connectivity index (χ1v) is 40.4. The van der Waals surface area contributed by atoms with Crippen molar-refractivity contribution in [2.45, 2.75) is 381 Å². The molecule has 6 atom stereocenters. The SMILES string of the molecule is CCCCCCCCCCCCCC(=O)OC[C@H](COP(=O)(O)OC[C@H](O)COP(=O)(O)OC[C@@H](COC(=O)CCCCCCCCCCCCCC(C)C)OC(=O)CCCCCCCCCCCCCC(C)C)OC(=O)CCCCCCCCCCC(C)CC. The Bertz CT molecular complexity index is 1790. The Morgan fingerprint density at radius 2 is 0.560 bits per heavy atom. The third kappa shape index (κ3) is 65.1. The number of hydrogen-bond donors (Lipinski definition) is 3. The lowest BCUT2D eigenvalue weighted by Gasteiger charge is -2.21. The molecule has 0 aliphatic heterocycles. The van der Waals surface area contributed by atoms with Gasteiger partial charge in [-0.2, -0.15) is 0 Å². The quantitative estimate of drug-likeness (QED) is 0.0222. The molecule has 0 aromatic carbocycles. The Balaban J connectivity index is 5.27. The molecule has 0 saturated heterocycles. The number of esters is 4. The van der Waals surface area contributed by atoms with E-state index in [4.69, 9.17) is 37.0 Å². The minimum absolute atomic E-state index is 0.105. The van der Waals surface area contributed by atoms with Crippen LogP contribution in [0.15, 0.2) is 0 Å². The highest BCUT2D eigenvalue weighted by molar-refractivity contribution is 7.47. The van der Waals surface area contributed by atoms with Gasteiger partial charge >= 0.3 is 39.5 Å². The van der Waals surface area contributed by atoms with Crippen LogP contribution in [0.25, 0.3) is 0 Å². The van der Waals surface area contributed by atoms with Gasteiger partial charge in [-0.25, -0.2) is 9.13 Å². The summed E-state index contributed by atoms with van der Waals surface area (Å²) in [7, 11) is -9.91. The van der Waals surface area contributed by atoms with Crippen molar-refractivity contribution in [2.75, 3.05) is 39.6 Å². The topological polar surface area (TPSA) is 237 Å². The van der Waals surface area contributed by atoms with Crippen molar-refractivity contribution in [3.8, 4) is 0 Å². The number of hydrogen-bond acceptors (Lipinski definition) is 15. The lowest BCUT2D eigenvalue weighted by molar-refractivity contribution is -0.161. The number of aliphatic hydroxyl groups excluding tert-OH is 1. The standard InChI is InChI=1S/C72H140O17P2/c1-8-10-11-12-13-14-17-24-32-39-46-53-69(74)82-60-68(89-72(77)56-49-42-35-28-27-31-38-45-52-65(7)9-2)62-87-91(80,81)85-58-66(73)57-84-90(78,79)86-61-67(88-71(76)55-48-41-34-26-21-16-19-23-30-37-44-51-64(5)6)59-83-70(75)54-47-40-33-25-20-15-18-22-29-36-43-50-63(3)4/h63-68,73H,8-62H2,1-7H3,(H,78,79)(H,80,81)/t65?,66-,67-,68-/m1/s1. The molecule has 540 valence electrons. The van der Waals surface area contributed by atoms with E-state index in [9.17, 15) is 43.2 Å². The van der Waals surface area contributed by atoms with Crippen LogP contribution in [-0.2, 0) is 65.4 Å². The molecule has 0 heterocycles. The number of carbonyl (C=O) groups excluding carboxylic acids is 4. The van der Waals surface area contributed by atoms with Crippen molar-refractivity contribution < 1.29 is 80.2 Å². The summed E-state index contributed by atoms with van der Waals surface area (Å²) in [6, 6.07) is 0. The van der Waals surface area contributed by atoms with Crippen molar-refractivity contribution in [3.05, 3.63) is 0 Å². The summed E-state index contributed by atoms with van der Waals surface area (Å²) < 4.78 is 68.4. The van der Waals surface area contributed by atoms with Crippen LogP contribution in [0.3, 0.4) is 0 Å². The smallest absolute Gasteiger partial charge is 0.462 e. The average molecular weight is 1340 g/mol. The van der Waals surface area contributed by atoms with E-state index in [1.165, 1.54) is 173 Å². The van der Waals surface area contributed by atoms with Gasteiger partial charge in [0, 0.05) is 25.7 Å². The second kappa shape index (κ2) is 62.8. The fourth-order valence-electron chi connectivity index (χ4n) is 10.9. The number of unbranched alkanes of at least 4 members (excludes halogenated alkanes) is 37. The number of aliphatic hydroxyl groups is 1. The van der Waals surface area contributed by atoms with Crippen LogP contribution in [0.2, 0.25) is 0 Å². The molecule has 0 amide bonds. The zero-order chi connectivity index (χ0) is 67.3. The van der Waals surface area contributed by atoms with E-state index in [1.54, 1.807) is 0 Å². The highest BCUT2D eigenvalue weighted by Crippen LogP contribution is 2.45. The van der Waals surface area contributed by atoms with Gasteiger partial charge in [-0.15, -0.1) is 0 Å². The normalized spacial score (nSPS) is 14.5. The Morgan fingerprint density at radius 3 is 0.835 bits per heavy atom.